The number of thiol groups is 1. The highest BCUT2D eigenvalue weighted by molar-refractivity contribution is 7.81. The fourth-order valence-corrected chi connectivity index (χ4v) is 1.33. The van der Waals surface area contributed by atoms with Gasteiger partial charge in [-0.1, -0.05) is 0 Å². The van der Waals surface area contributed by atoms with Gasteiger partial charge in [-0.2, -0.15) is 0 Å². The fourth-order valence-electron chi connectivity index (χ4n) is 1.02. The quantitative estimate of drug-likeness (QED) is 0.495. The Labute approximate surface area is 55.8 Å². The second-order valence-corrected chi connectivity index (χ2v) is 3.59. The van der Waals surface area contributed by atoms with E-state index in [0.29, 0.717) is 6.10 Å². The van der Waals surface area contributed by atoms with Gasteiger partial charge in [-0.15, -0.1) is 12.6 Å². The van der Waals surface area contributed by atoms with Gasteiger partial charge >= 0.3 is 0 Å². The molecule has 48 valence electrons. The van der Waals surface area contributed by atoms with Crippen LogP contribution in [0.4, 0.5) is 0 Å². The second-order valence-electron chi connectivity index (χ2n) is 2.64. The summed E-state index contributed by atoms with van der Waals surface area (Å²) in [7, 11) is 0. The highest BCUT2D eigenvalue weighted by Gasteiger charge is 2.29. The van der Waals surface area contributed by atoms with Crippen molar-refractivity contribution in [3.8, 4) is 0 Å². The maximum atomic E-state index is 5.41. The summed E-state index contributed by atoms with van der Waals surface area (Å²) in [4.78, 5) is -0.139. The summed E-state index contributed by atoms with van der Waals surface area (Å²) in [6.07, 6.45) is 2.65. The van der Waals surface area contributed by atoms with E-state index in [1.54, 1.807) is 0 Å². The standard InChI is InChI=1S/C6H12OS/c1-5-3-4-6(2,8)7-5/h5,8H,3-4H2,1-2H3. The number of ether oxygens (including phenoxy) is 1. The van der Waals surface area contributed by atoms with E-state index in [-0.39, 0.29) is 4.93 Å². The van der Waals surface area contributed by atoms with Crippen LogP contribution in [0, 0.1) is 0 Å². The SMILES string of the molecule is CC1CCC(C)(S)O1. The van der Waals surface area contributed by atoms with Crippen molar-refractivity contribution in [2.24, 2.45) is 0 Å². The average molecular weight is 132 g/mol. The normalized spacial score (nSPS) is 47.6. The molecular formula is C6H12OS. The highest BCUT2D eigenvalue weighted by Crippen LogP contribution is 2.32. The molecule has 0 amide bonds. The van der Waals surface area contributed by atoms with Crippen molar-refractivity contribution >= 4 is 12.6 Å². The molecule has 1 rings (SSSR count). The molecule has 0 spiro atoms. The molecule has 0 aromatic rings. The number of rotatable bonds is 0. The maximum absolute atomic E-state index is 5.41. The van der Waals surface area contributed by atoms with E-state index in [1.807, 2.05) is 6.92 Å². The third-order valence-corrected chi connectivity index (χ3v) is 1.80. The van der Waals surface area contributed by atoms with Gasteiger partial charge in [0.2, 0.25) is 0 Å². The molecule has 2 heteroatoms. The monoisotopic (exact) mass is 132 g/mol. The first-order valence-electron chi connectivity index (χ1n) is 3.00. The summed E-state index contributed by atoms with van der Waals surface area (Å²) in [6.45, 7) is 4.10. The predicted octanol–water partition coefficient (Wildman–Crippen LogP) is 1.83. The Morgan fingerprint density at radius 2 is 2.38 bits per heavy atom. The molecule has 0 aromatic heterocycles. The lowest BCUT2D eigenvalue weighted by Crippen LogP contribution is -2.14. The Hall–Kier alpha value is 0.310. The topological polar surface area (TPSA) is 9.23 Å². The van der Waals surface area contributed by atoms with Crippen LogP contribution in [0.5, 0.6) is 0 Å². The molecule has 0 bridgehead atoms. The molecule has 1 aliphatic rings. The van der Waals surface area contributed by atoms with Crippen molar-refractivity contribution in [2.75, 3.05) is 0 Å². The van der Waals surface area contributed by atoms with Gasteiger partial charge in [0.25, 0.3) is 0 Å². The first-order valence-corrected chi connectivity index (χ1v) is 3.45. The van der Waals surface area contributed by atoms with Crippen LogP contribution in [-0.2, 0) is 4.74 Å². The van der Waals surface area contributed by atoms with Gasteiger partial charge in [0.15, 0.2) is 0 Å². The lowest BCUT2D eigenvalue weighted by Gasteiger charge is -2.15. The molecule has 1 fully saturated rings. The van der Waals surface area contributed by atoms with Gasteiger partial charge in [-0.3, -0.25) is 0 Å². The largest absolute Gasteiger partial charge is 0.362 e. The average Bonchev–Trinajstić information content (AvgIpc) is 1.82. The van der Waals surface area contributed by atoms with Gasteiger partial charge in [0, 0.05) is 0 Å². The van der Waals surface area contributed by atoms with Crippen molar-refractivity contribution < 1.29 is 4.74 Å². The van der Waals surface area contributed by atoms with Crippen molar-refractivity contribution in [1.82, 2.24) is 0 Å². The molecule has 2 atom stereocenters. The summed E-state index contributed by atoms with van der Waals surface area (Å²) >= 11 is 4.29. The molecule has 1 saturated heterocycles. The first-order chi connectivity index (χ1) is 3.60. The van der Waals surface area contributed by atoms with Crippen molar-refractivity contribution in [2.45, 2.75) is 37.7 Å². The zero-order chi connectivity index (χ0) is 6.20. The van der Waals surface area contributed by atoms with Gasteiger partial charge in [0.1, 0.15) is 4.93 Å². The van der Waals surface area contributed by atoms with Crippen molar-refractivity contribution in [3.63, 3.8) is 0 Å². The highest BCUT2D eigenvalue weighted by atomic mass is 32.1. The molecule has 0 aliphatic carbocycles. The van der Waals surface area contributed by atoms with Crippen LogP contribution in [0.1, 0.15) is 26.7 Å². The molecule has 0 radical (unpaired) electrons. The van der Waals surface area contributed by atoms with Crippen LogP contribution in [0.3, 0.4) is 0 Å². The number of hydrogen-bond donors (Lipinski definition) is 1. The predicted molar refractivity (Wildman–Crippen MR) is 37.2 cm³/mol. The molecule has 1 nitrogen and oxygen atoms in total. The van der Waals surface area contributed by atoms with Crippen LogP contribution in [0.15, 0.2) is 0 Å². The van der Waals surface area contributed by atoms with Crippen LogP contribution in [0.2, 0.25) is 0 Å². The molecule has 1 heterocycles. The van der Waals surface area contributed by atoms with E-state index in [0.717, 1.165) is 12.8 Å². The maximum Gasteiger partial charge on any atom is 0.108 e. The van der Waals surface area contributed by atoms with Gasteiger partial charge in [-0.25, -0.2) is 0 Å². The Morgan fingerprint density at radius 3 is 2.50 bits per heavy atom. The van der Waals surface area contributed by atoms with E-state index >= 15 is 0 Å². The minimum absolute atomic E-state index is 0.139. The van der Waals surface area contributed by atoms with Crippen LogP contribution >= 0.6 is 12.6 Å². The molecular weight excluding hydrogens is 120 g/mol. The van der Waals surface area contributed by atoms with Crippen LogP contribution in [-0.4, -0.2) is 11.0 Å². The van der Waals surface area contributed by atoms with E-state index < -0.39 is 0 Å². The van der Waals surface area contributed by atoms with Crippen molar-refractivity contribution in [3.05, 3.63) is 0 Å². The summed E-state index contributed by atoms with van der Waals surface area (Å²) < 4.78 is 5.41. The summed E-state index contributed by atoms with van der Waals surface area (Å²) in [5.41, 5.74) is 0. The van der Waals surface area contributed by atoms with Gasteiger partial charge < -0.3 is 4.74 Å². The Morgan fingerprint density at radius 1 is 1.75 bits per heavy atom. The Kier molecular flexibility index (Phi) is 1.54. The van der Waals surface area contributed by atoms with Crippen LogP contribution < -0.4 is 0 Å². The summed E-state index contributed by atoms with van der Waals surface area (Å²) in [5.74, 6) is 0. The minimum atomic E-state index is -0.139. The number of hydrogen-bond acceptors (Lipinski definition) is 2. The summed E-state index contributed by atoms with van der Waals surface area (Å²) in [6, 6.07) is 0. The van der Waals surface area contributed by atoms with E-state index in [4.69, 9.17) is 4.74 Å². The van der Waals surface area contributed by atoms with Crippen molar-refractivity contribution in [1.29, 1.82) is 0 Å². The van der Waals surface area contributed by atoms with E-state index in [1.165, 1.54) is 0 Å². The minimum Gasteiger partial charge on any atom is -0.362 e. The van der Waals surface area contributed by atoms with Crippen LogP contribution in [0.25, 0.3) is 0 Å². The Bertz CT molecular complexity index is 90.5. The lowest BCUT2D eigenvalue weighted by molar-refractivity contribution is 0.0453. The zero-order valence-corrected chi connectivity index (χ0v) is 6.24. The Balaban J connectivity index is 2.44. The van der Waals surface area contributed by atoms with E-state index in [2.05, 4.69) is 19.6 Å². The smallest absolute Gasteiger partial charge is 0.108 e. The van der Waals surface area contributed by atoms with Gasteiger partial charge in [0.05, 0.1) is 6.10 Å². The van der Waals surface area contributed by atoms with E-state index in [9.17, 15) is 0 Å². The molecule has 8 heavy (non-hydrogen) atoms. The molecule has 1 aliphatic heterocycles. The molecule has 0 N–H and O–H groups in total. The lowest BCUT2D eigenvalue weighted by atomic mass is 10.2. The molecule has 0 aromatic carbocycles. The zero-order valence-electron chi connectivity index (χ0n) is 5.35. The second kappa shape index (κ2) is 1.92. The summed E-state index contributed by atoms with van der Waals surface area (Å²) in [5, 5.41) is 0. The third kappa shape index (κ3) is 1.39. The molecule has 0 saturated carbocycles. The molecule has 2 unspecified atom stereocenters. The fraction of sp³-hybridized carbons (Fsp3) is 1.00. The first kappa shape index (κ1) is 6.43. The van der Waals surface area contributed by atoms with Gasteiger partial charge in [-0.05, 0) is 26.7 Å². The third-order valence-electron chi connectivity index (χ3n) is 1.47.